The second-order valence-electron chi connectivity index (χ2n) is 4.23. The summed E-state index contributed by atoms with van der Waals surface area (Å²) in [6.07, 6.45) is 3.95. The zero-order valence-corrected chi connectivity index (χ0v) is 10.6. The van der Waals surface area contributed by atoms with E-state index in [-0.39, 0.29) is 0 Å². The number of hydrogen-bond donors (Lipinski definition) is 0. The van der Waals surface area contributed by atoms with E-state index >= 15 is 0 Å². The van der Waals surface area contributed by atoms with Crippen molar-refractivity contribution in [2.45, 2.75) is 52.9 Å². The van der Waals surface area contributed by atoms with E-state index < -0.39 is 0 Å². The van der Waals surface area contributed by atoms with Gasteiger partial charge in [-0.25, -0.2) is 0 Å². The fourth-order valence-electron chi connectivity index (χ4n) is 2.64. The predicted octanol–water partition coefficient (Wildman–Crippen LogP) is 4.79. The molecule has 0 aliphatic heterocycles. The Morgan fingerprint density at radius 2 is 1.87 bits per heavy atom. The molecule has 0 radical (unpaired) electrons. The van der Waals surface area contributed by atoms with Crippen LogP contribution < -0.4 is 0 Å². The lowest BCUT2D eigenvalue weighted by atomic mass is 9.75. The Bertz CT molecular complexity index is 288. The minimum absolute atomic E-state index is 0.810. The Labute approximate surface area is 94.7 Å². The summed E-state index contributed by atoms with van der Waals surface area (Å²) < 4.78 is 0. The molecule has 2 unspecified atom stereocenters. The quantitative estimate of drug-likeness (QED) is 0.617. The summed E-state index contributed by atoms with van der Waals surface area (Å²) >= 11 is 0. The highest BCUT2D eigenvalue weighted by Gasteiger charge is 2.24. The third kappa shape index (κ3) is 2.62. The van der Waals surface area contributed by atoms with Crippen LogP contribution in [0.4, 0.5) is 0 Å². The Balaban J connectivity index is 0.000000531. The van der Waals surface area contributed by atoms with Gasteiger partial charge in [-0.15, -0.1) is 0 Å². The highest BCUT2D eigenvalue weighted by atomic mass is 14.3. The van der Waals surface area contributed by atoms with E-state index in [9.17, 15) is 0 Å². The maximum absolute atomic E-state index is 2.39. The summed E-state index contributed by atoms with van der Waals surface area (Å²) in [6, 6.07) is 8.96. The first-order valence-corrected chi connectivity index (χ1v) is 6.40. The van der Waals surface area contributed by atoms with Gasteiger partial charge < -0.3 is 0 Å². The molecule has 0 amide bonds. The molecular formula is C15H24. The molecule has 15 heavy (non-hydrogen) atoms. The molecule has 2 rings (SSSR count). The van der Waals surface area contributed by atoms with E-state index in [2.05, 4.69) is 38.1 Å². The molecule has 0 fully saturated rings. The Morgan fingerprint density at radius 1 is 1.20 bits per heavy atom. The van der Waals surface area contributed by atoms with Gasteiger partial charge >= 0.3 is 0 Å². The topological polar surface area (TPSA) is 0 Å². The zero-order chi connectivity index (χ0) is 11.3. The van der Waals surface area contributed by atoms with E-state index in [4.69, 9.17) is 0 Å². The van der Waals surface area contributed by atoms with Crippen LogP contribution in [0.25, 0.3) is 0 Å². The van der Waals surface area contributed by atoms with Gasteiger partial charge in [-0.05, 0) is 42.2 Å². The van der Waals surface area contributed by atoms with Crippen molar-refractivity contribution in [2.24, 2.45) is 5.92 Å². The van der Waals surface area contributed by atoms with Gasteiger partial charge in [0, 0.05) is 0 Å². The van der Waals surface area contributed by atoms with Crippen LogP contribution >= 0.6 is 0 Å². The summed E-state index contributed by atoms with van der Waals surface area (Å²) in [5.74, 6) is 1.69. The normalized spacial score (nSPS) is 23.7. The summed E-state index contributed by atoms with van der Waals surface area (Å²) in [4.78, 5) is 0. The second kappa shape index (κ2) is 5.95. The number of benzene rings is 1. The minimum atomic E-state index is 0.810. The first-order chi connectivity index (χ1) is 7.33. The number of fused-ring (bicyclic) bond motifs is 1. The molecule has 2 atom stereocenters. The van der Waals surface area contributed by atoms with Gasteiger partial charge in [-0.1, -0.05) is 52.0 Å². The summed E-state index contributed by atoms with van der Waals surface area (Å²) in [5.41, 5.74) is 3.20. The molecule has 0 nitrogen and oxygen atoms in total. The zero-order valence-electron chi connectivity index (χ0n) is 10.6. The summed E-state index contributed by atoms with van der Waals surface area (Å²) in [5, 5.41) is 0. The van der Waals surface area contributed by atoms with Gasteiger partial charge in [-0.2, -0.15) is 0 Å². The van der Waals surface area contributed by atoms with E-state index in [1.54, 1.807) is 11.1 Å². The number of rotatable bonds is 1. The number of aryl methyl sites for hydroxylation is 1. The lowest BCUT2D eigenvalue weighted by molar-refractivity contribution is 0.394. The molecule has 1 aliphatic rings. The van der Waals surface area contributed by atoms with Crippen molar-refractivity contribution in [3.05, 3.63) is 35.4 Å². The van der Waals surface area contributed by atoms with Crippen molar-refractivity contribution in [1.29, 1.82) is 0 Å². The van der Waals surface area contributed by atoms with Gasteiger partial charge in [0.15, 0.2) is 0 Å². The molecule has 0 heteroatoms. The molecule has 0 saturated carbocycles. The standard InChI is InChI=1S/C13H18.C2H6/c1-3-12-10(2)8-9-11-6-4-5-7-13(11)12;1-2/h4-7,10,12H,3,8-9H2,1-2H3;1-2H3. The van der Waals surface area contributed by atoms with Crippen LogP contribution in [-0.2, 0) is 6.42 Å². The highest BCUT2D eigenvalue weighted by molar-refractivity contribution is 5.33. The second-order valence-corrected chi connectivity index (χ2v) is 4.23. The maximum atomic E-state index is 2.39. The molecule has 1 aliphatic carbocycles. The lowest BCUT2D eigenvalue weighted by Crippen LogP contribution is -2.17. The van der Waals surface area contributed by atoms with Crippen LogP contribution in [0.1, 0.15) is 57.6 Å². The van der Waals surface area contributed by atoms with E-state index in [0.29, 0.717) is 0 Å². The number of hydrogen-bond acceptors (Lipinski definition) is 0. The predicted molar refractivity (Wildman–Crippen MR) is 68.3 cm³/mol. The third-order valence-electron chi connectivity index (χ3n) is 3.45. The van der Waals surface area contributed by atoms with Gasteiger partial charge in [0.25, 0.3) is 0 Å². The molecule has 1 aromatic rings. The SMILES string of the molecule is CC.CCC1c2ccccc2CCC1C. The van der Waals surface area contributed by atoms with Crippen LogP contribution in [0.15, 0.2) is 24.3 Å². The molecule has 0 spiro atoms. The van der Waals surface area contributed by atoms with Crippen molar-refractivity contribution in [3.8, 4) is 0 Å². The van der Waals surface area contributed by atoms with Crippen LogP contribution in [0.5, 0.6) is 0 Å². The first kappa shape index (κ1) is 12.3. The third-order valence-corrected chi connectivity index (χ3v) is 3.45. The molecule has 0 aromatic heterocycles. The average Bonchev–Trinajstić information content (AvgIpc) is 2.32. The van der Waals surface area contributed by atoms with Crippen molar-refractivity contribution >= 4 is 0 Å². The monoisotopic (exact) mass is 204 g/mol. The highest BCUT2D eigenvalue weighted by Crippen LogP contribution is 2.37. The maximum Gasteiger partial charge on any atom is -0.0136 e. The average molecular weight is 204 g/mol. The molecule has 84 valence electrons. The van der Waals surface area contributed by atoms with Gasteiger partial charge in [0.1, 0.15) is 0 Å². The molecular weight excluding hydrogens is 180 g/mol. The Kier molecular flexibility index (Phi) is 4.87. The van der Waals surface area contributed by atoms with Crippen molar-refractivity contribution in [1.82, 2.24) is 0 Å². The van der Waals surface area contributed by atoms with Crippen LogP contribution in [0.3, 0.4) is 0 Å². The first-order valence-electron chi connectivity index (χ1n) is 6.40. The fourth-order valence-corrected chi connectivity index (χ4v) is 2.64. The van der Waals surface area contributed by atoms with Crippen LogP contribution in [0.2, 0.25) is 0 Å². The van der Waals surface area contributed by atoms with Crippen molar-refractivity contribution < 1.29 is 0 Å². The van der Waals surface area contributed by atoms with Crippen molar-refractivity contribution in [2.75, 3.05) is 0 Å². The van der Waals surface area contributed by atoms with E-state index in [1.807, 2.05) is 13.8 Å². The molecule has 0 saturated heterocycles. The fraction of sp³-hybridized carbons (Fsp3) is 0.600. The van der Waals surface area contributed by atoms with Crippen molar-refractivity contribution in [3.63, 3.8) is 0 Å². The smallest absolute Gasteiger partial charge is 0.0136 e. The molecule has 0 N–H and O–H groups in total. The van der Waals surface area contributed by atoms with Gasteiger partial charge in [0.05, 0.1) is 0 Å². The van der Waals surface area contributed by atoms with Crippen LogP contribution in [0, 0.1) is 5.92 Å². The Hall–Kier alpha value is -0.780. The summed E-state index contributed by atoms with van der Waals surface area (Å²) in [7, 11) is 0. The molecule has 1 aromatic carbocycles. The summed E-state index contributed by atoms with van der Waals surface area (Å²) in [6.45, 7) is 8.70. The Morgan fingerprint density at radius 3 is 2.53 bits per heavy atom. The molecule has 0 heterocycles. The molecule has 0 bridgehead atoms. The minimum Gasteiger partial charge on any atom is -0.0683 e. The van der Waals surface area contributed by atoms with E-state index in [0.717, 1.165) is 11.8 Å². The largest absolute Gasteiger partial charge is 0.0683 e. The van der Waals surface area contributed by atoms with E-state index in [1.165, 1.54) is 19.3 Å². The van der Waals surface area contributed by atoms with Gasteiger partial charge in [-0.3, -0.25) is 0 Å². The lowest BCUT2D eigenvalue weighted by Gasteiger charge is -2.30. The van der Waals surface area contributed by atoms with Crippen LogP contribution in [-0.4, -0.2) is 0 Å². The van der Waals surface area contributed by atoms with Gasteiger partial charge in [0.2, 0.25) is 0 Å².